The van der Waals surface area contributed by atoms with Gasteiger partial charge in [-0.05, 0) is 25.2 Å². The van der Waals surface area contributed by atoms with Crippen molar-refractivity contribution in [2.45, 2.75) is 75.5 Å². The van der Waals surface area contributed by atoms with Crippen molar-refractivity contribution >= 4 is 29.5 Å². The van der Waals surface area contributed by atoms with Crippen LogP contribution in [0, 0.1) is 17.8 Å². The van der Waals surface area contributed by atoms with Crippen LogP contribution < -0.4 is 0 Å². The number of fused-ring (bicyclic) bond motifs is 2. The Labute approximate surface area is 214 Å². The van der Waals surface area contributed by atoms with Crippen molar-refractivity contribution in [1.29, 1.82) is 0 Å². The van der Waals surface area contributed by atoms with Gasteiger partial charge in [-0.25, -0.2) is 0 Å². The zero-order chi connectivity index (χ0) is 25.3. The second kappa shape index (κ2) is 10.7. The Hall–Kier alpha value is -1.80. The summed E-state index contributed by atoms with van der Waals surface area (Å²) in [6.45, 7) is 10.5. The topological polar surface area (TPSA) is 81.2 Å². The van der Waals surface area contributed by atoms with E-state index in [-0.39, 0.29) is 35.5 Å². The Morgan fingerprint density at radius 2 is 1.74 bits per heavy atom. The first-order chi connectivity index (χ1) is 16.8. The Bertz CT molecular complexity index is 890. The summed E-state index contributed by atoms with van der Waals surface area (Å²) < 4.78 is -0.801. The molecule has 2 fully saturated rings. The molecule has 0 aromatic rings. The smallest absolute Gasteiger partial charge is 0.247 e. The van der Waals surface area contributed by atoms with Crippen molar-refractivity contribution < 1.29 is 19.5 Å². The molecule has 0 aromatic heterocycles. The highest BCUT2D eigenvalue weighted by Gasteiger charge is 2.71. The summed E-state index contributed by atoms with van der Waals surface area (Å²) in [4.78, 5) is 47.6. The molecule has 3 amide bonds. The van der Waals surface area contributed by atoms with Crippen LogP contribution in [-0.2, 0) is 14.4 Å². The molecule has 1 N–H and O–H groups in total. The van der Waals surface area contributed by atoms with Crippen LogP contribution in [0.1, 0.15) is 53.4 Å². The lowest BCUT2D eigenvalue weighted by Gasteiger charge is -2.39. The molecule has 35 heavy (non-hydrogen) atoms. The first kappa shape index (κ1) is 26.3. The molecule has 8 heteroatoms. The molecule has 4 rings (SSSR count). The quantitative estimate of drug-likeness (QED) is 0.490. The maximum atomic E-state index is 14.3. The number of nitrogens with zero attached hydrogens (tertiary/aromatic N) is 3. The number of carbonyl (C=O) groups excluding carboxylic acids is 3. The zero-order valence-corrected chi connectivity index (χ0v) is 22.4. The highest BCUT2D eigenvalue weighted by molar-refractivity contribution is 8.02. The lowest BCUT2D eigenvalue weighted by Crippen LogP contribution is -2.56. The third kappa shape index (κ3) is 4.45. The van der Waals surface area contributed by atoms with Crippen LogP contribution in [-0.4, -0.2) is 92.4 Å². The minimum Gasteiger partial charge on any atom is -0.394 e. The third-order valence-electron chi connectivity index (χ3n) is 7.89. The Balaban J connectivity index is 1.81. The molecule has 4 aliphatic heterocycles. The molecule has 0 aliphatic carbocycles. The molecule has 4 heterocycles. The maximum Gasteiger partial charge on any atom is 0.247 e. The highest BCUT2D eigenvalue weighted by atomic mass is 32.2. The number of amides is 3. The van der Waals surface area contributed by atoms with Crippen molar-refractivity contribution in [2.75, 3.05) is 32.8 Å². The van der Waals surface area contributed by atoms with Crippen molar-refractivity contribution in [2.24, 2.45) is 17.8 Å². The molecule has 194 valence electrons. The van der Waals surface area contributed by atoms with Crippen LogP contribution in [0.25, 0.3) is 0 Å². The molecule has 0 bridgehead atoms. The van der Waals surface area contributed by atoms with Crippen LogP contribution in [0.5, 0.6) is 0 Å². The van der Waals surface area contributed by atoms with Crippen molar-refractivity contribution in [1.82, 2.24) is 14.7 Å². The zero-order valence-electron chi connectivity index (χ0n) is 21.6. The molecule has 2 saturated heterocycles. The van der Waals surface area contributed by atoms with Crippen LogP contribution in [0.2, 0.25) is 0 Å². The lowest BCUT2D eigenvalue weighted by molar-refractivity contribution is -0.147. The SMILES string of the molecule is CCCCN1CC=C[C@]23S[C@H]4C=CCN(CCC)C(=O)[C@H]4[C@H]2C(=O)N([C@@H](CO)CC(C)C)C3C1=O. The number of hydrogen-bond acceptors (Lipinski definition) is 5. The number of likely N-dealkylation sites (tertiary alicyclic amines) is 1. The summed E-state index contributed by atoms with van der Waals surface area (Å²) in [6, 6.07) is -1.15. The van der Waals surface area contributed by atoms with Gasteiger partial charge in [0.2, 0.25) is 17.7 Å². The number of carbonyl (C=O) groups is 3. The predicted molar refractivity (Wildman–Crippen MR) is 139 cm³/mol. The van der Waals surface area contributed by atoms with Crippen LogP contribution >= 0.6 is 11.8 Å². The van der Waals surface area contributed by atoms with E-state index in [4.69, 9.17) is 0 Å². The fraction of sp³-hybridized carbons (Fsp3) is 0.741. The molecular formula is C27H41N3O4S. The molecule has 1 spiro atoms. The monoisotopic (exact) mass is 503 g/mol. The van der Waals surface area contributed by atoms with E-state index in [0.29, 0.717) is 32.6 Å². The average Bonchev–Trinajstić information content (AvgIpc) is 3.15. The fourth-order valence-corrected chi connectivity index (χ4v) is 8.40. The molecule has 1 unspecified atom stereocenters. The third-order valence-corrected chi connectivity index (χ3v) is 9.63. The van der Waals surface area contributed by atoms with Gasteiger partial charge in [-0.15, -0.1) is 11.8 Å². The molecule has 6 atom stereocenters. The molecule has 4 aliphatic rings. The van der Waals surface area contributed by atoms with Crippen LogP contribution in [0.3, 0.4) is 0 Å². The first-order valence-corrected chi connectivity index (χ1v) is 14.2. The summed E-state index contributed by atoms with van der Waals surface area (Å²) in [7, 11) is 0. The van der Waals surface area contributed by atoms with E-state index in [1.807, 2.05) is 22.0 Å². The van der Waals surface area contributed by atoms with Gasteiger partial charge >= 0.3 is 0 Å². The Morgan fingerprint density at radius 1 is 1.03 bits per heavy atom. The van der Waals surface area contributed by atoms with Gasteiger partial charge in [0.25, 0.3) is 0 Å². The van der Waals surface area contributed by atoms with Gasteiger partial charge < -0.3 is 19.8 Å². The van der Waals surface area contributed by atoms with Crippen molar-refractivity contribution in [3.8, 4) is 0 Å². The maximum absolute atomic E-state index is 14.3. The first-order valence-electron chi connectivity index (χ1n) is 13.3. The van der Waals surface area contributed by atoms with E-state index < -0.39 is 28.7 Å². The van der Waals surface area contributed by atoms with Crippen LogP contribution in [0.15, 0.2) is 24.3 Å². The number of hydrogen-bond donors (Lipinski definition) is 1. The summed E-state index contributed by atoms with van der Waals surface area (Å²) in [5, 5.41) is 10.2. The lowest BCUT2D eigenvalue weighted by atomic mass is 9.78. The second-order valence-electron chi connectivity index (χ2n) is 10.8. The average molecular weight is 504 g/mol. The normalized spacial score (nSPS) is 33.2. The van der Waals surface area contributed by atoms with Gasteiger partial charge in [0.15, 0.2) is 0 Å². The van der Waals surface area contributed by atoms with Crippen molar-refractivity contribution in [3.05, 3.63) is 24.3 Å². The van der Waals surface area contributed by atoms with Gasteiger partial charge in [-0.3, -0.25) is 14.4 Å². The fourth-order valence-electron chi connectivity index (χ4n) is 6.41. The van der Waals surface area contributed by atoms with Gasteiger partial charge in [-0.1, -0.05) is 58.4 Å². The van der Waals surface area contributed by atoms with E-state index in [9.17, 15) is 19.5 Å². The number of aliphatic hydroxyl groups is 1. The second-order valence-corrected chi connectivity index (χ2v) is 12.3. The van der Waals surface area contributed by atoms with Gasteiger partial charge in [0, 0.05) is 31.4 Å². The minimum atomic E-state index is -0.801. The molecule has 7 nitrogen and oxygen atoms in total. The number of thioether (sulfide) groups is 1. The Kier molecular flexibility index (Phi) is 8.01. The Morgan fingerprint density at radius 3 is 2.40 bits per heavy atom. The number of unbranched alkanes of at least 4 members (excludes halogenated alkanes) is 1. The number of rotatable bonds is 9. The standard InChI is InChI=1S/C27H41N3O4S/c1-5-7-13-29-15-9-11-27-22(21-20(35-27)10-8-14-28(12-6-2)24(21)32)25(33)30(23(27)26(29)34)19(17-31)16-18(3)4/h8-11,18-23,31H,5-7,12-17H2,1-4H3/t19-,20+,21-,22+,23?,27+/m1/s1. The predicted octanol–water partition coefficient (Wildman–Crippen LogP) is 2.70. The van der Waals surface area contributed by atoms with E-state index >= 15 is 0 Å². The summed E-state index contributed by atoms with van der Waals surface area (Å²) in [5.74, 6) is -1.03. The van der Waals surface area contributed by atoms with E-state index in [1.54, 1.807) is 16.7 Å². The highest BCUT2D eigenvalue weighted by Crippen LogP contribution is 2.61. The molecular weight excluding hydrogens is 462 g/mol. The summed E-state index contributed by atoms with van der Waals surface area (Å²) in [6.07, 6.45) is 11.6. The van der Waals surface area contributed by atoms with E-state index in [2.05, 4.69) is 39.8 Å². The van der Waals surface area contributed by atoms with Crippen LogP contribution in [0.4, 0.5) is 0 Å². The van der Waals surface area contributed by atoms with Gasteiger partial charge in [0.05, 0.1) is 29.2 Å². The minimum absolute atomic E-state index is 0.0162. The molecule has 0 aromatic carbocycles. The van der Waals surface area contributed by atoms with Gasteiger partial charge in [0.1, 0.15) is 6.04 Å². The van der Waals surface area contributed by atoms with E-state index in [1.165, 1.54) is 0 Å². The van der Waals surface area contributed by atoms with Crippen molar-refractivity contribution in [3.63, 3.8) is 0 Å². The van der Waals surface area contributed by atoms with E-state index in [0.717, 1.165) is 19.3 Å². The summed E-state index contributed by atoms with van der Waals surface area (Å²) in [5.41, 5.74) is 0. The number of aliphatic hydroxyl groups excluding tert-OH is 1. The van der Waals surface area contributed by atoms with Gasteiger partial charge in [-0.2, -0.15) is 0 Å². The molecule has 0 radical (unpaired) electrons. The molecule has 0 saturated carbocycles. The summed E-state index contributed by atoms with van der Waals surface area (Å²) >= 11 is 1.62. The largest absolute Gasteiger partial charge is 0.394 e.